The van der Waals surface area contributed by atoms with E-state index in [1.807, 2.05) is 69.3 Å². The van der Waals surface area contributed by atoms with E-state index in [9.17, 15) is 9.59 Å². The number of benzene rings is 2. The topological polar surface area (TPSA) is 72.6 Å². The van der Waals surface area contributed by atoms with Gasteiger partial charge < -0.3 is 9.15 Å². The summed E-state index contributed by atoms with van der Waals surface area (Å²) in [4.78, 5) is 30.4. The van der Waals surface area contributed by atoms with Crippen LogP contribution in [0.15, 0.2) is 59.2 Å². The number of aromatic nitrogens is 1. The van der Waals surface area contributed by atoms with E-state index in [4.69, 9.17) is 9.15 Å². The molecular formula is C26H28N2O4. The second-order valence-electron chi connectivity index (χ2n) is 9.11. The molecule has 2 aromatic carbocycles. The first-order valence-corrected chi connectivity index (χ1v) is 10.9. The lowest BCUT2D eigenvalue weighted by Crippen LogP contribution is -2.36. The maximum atomic E-state index is 12.6. The van der Waals surface area contributed by atoms with E-state index in [1.54, 1.807) is 18.1 Å². The lowest BCUT2D eigenvalue weighted by molar-refractivity contribution is 0.0204. The number of hydrogen-bond acceptors (Lipinski definition) is 5. The summed E-state index contributed by atoms with van der Waals surface area (Å²) in [7, 11) is 0. The van der Waals surface area contributed by atoms with Crippen LogP contribution in [0.1, 0.15) is 62.8 Å². The van der Waals surface area contributed by atoms with Gasteiger partial charge in [0.25, 0.3) is 0 Å². The van der Waals surface area contributed by atoms with Gasteiger partial charge in [0.15, 0.2) is 5.78 Å². The van der Waals surface area contributed by atoms with Crippen molar-refractivity contribution in [3.63, 3.8) is 0 Å². The van der Waals surface area contributed by atoms with Crippen molar-refractivity contribution in [3.05, 3.63) is 66.2 Å². The molecule has 1 atom stereocenters. The Bertz CT molecular complexity index is 1110. The third-order valence-corrected chi connectivity index (χ3v) is 5.49. The van der Waals surface area contributed by atoms with Crippen LogP contribution in [0.4, 0.5) is 4.79 Å². The number of hydrogen-bond donors (Lipinski definition) is 0. The molecular weight excluding hydrogens is 404 g/mol. The van der Waals surface area contributed by atoms with Gasteiger partial charge in [0.1, 0.15) is 23.6 Å². The number of nitrogens with zero attached hydrogens (tertiary/aromatic N) is 2. The summed E-state index contributed by atoms with van der Waals surface area (Å²) in [5.41, 5.74) is 3.93. The summed E-state index contributed by atoms with van der Waals surface area (Å²) in [6.07, 6.45) is 2.99. The van der Waals surface area contributed by atoms with Gasteiger partial charge in [-0.1, -0.05) is 48.5 Å². The Morgan fingerprint density at radius 1 is 1.00 bits per heavy atom. The summed E-state index contributed by atoms with van der Waals surface area (Å²) >= 11 is 0. The zero-order valence-electron chi connectivity index (χ0n) is 18.9. The fourth-order valence-electron chi connectivity index (χ4n) is 3.87. The minimum absolute atomic E-state index is 0.0567. The maximum Gasteiger partial charge on any atom is 0.410 e. The van der Waals surface area contributed by atoms with Crippen molar-refractivity contribution in [2.75, 3.05) is 6.54 Å². The summed E-state index contributed by atoms with van der Waals surface area (Å²) in [5, 5.41) is 0. The van der Waals surface area contributed by atoms with Crippen LogP contribution in [0, 0.1) is 0 Å². The molecule has 2 heterocycles. The summed E-state index contributed by atoms with van der Waals surface area (Å²) in [6, 6.07) is 15.4. The molecule has 1 aliphatic heterocycles. The van der Waals surface area contributed by atoms with Gasteiger partial charge in [-0.05, 0) is 51.7 Å². The van der Waals surface area contributed by atoms with E-state index >= 15 is 0 Å². The molecule has 32 heavy (non-hydrogen) atoms. The molecule has 0 aliphatic carbocycles. The van der Waals surface area contributed by atoms with Crippen LogP contribution in [0.2, 0.25) is 0 Å². The first-order valence-electron chi connectivity index (χ1n) is 10.9. The van der Waals surface area contributed by atoms with E-state index in [-0.39, 0.29) is 17.9 Å². The van der Waals surface area contributed by atoms with E-state index in [0.29, 0.717) is 18.0 Å². The molecule has 1 aromatic heterocycles. The molecule has 0 saturated carbocycles. The SMILES string of the molecule is CC(=O)c1ccc(-c2ccc(-c3coc([C@@H]4CCCN4C(=O)OC(C)(C)C)n3)cc2)cc1. The average molecular weight is 433 g/mol. The zero-order chi connectivity index (χ0) is 22.9. The zero-order valence-corrected chi connectivity index (χ0v) is 18.9. The van der Waals surface area contributed by atoms with Gasteiger partial charge in [-0.15, -0.1) is 0 Å². The largest absolute Gasteiger partial charge is 0.446 e. The Balaban J connectivity index is 1.49. The Hall–Kier alpha value is -3.41. The number of carbonyl (C=O) groups excluding carboxylic acids is 2. The molecule has 1 saturated heterocycles. The Kier molecular flexibility index (Phi) is 5.87. The Morgan fingerprint density at radius 3 is 2.19 bits per heavy atom. The lowest BCUT2D eigenvalue weighted by Gasteiger charge is -2.27. The van der Waals surface area contributed by atoms with Gasteiger partial charge in [0.05, 0.1) is 0 Å². The van der Waals surface area contributed by atoms with Gasteiger partial charge >= 0.3 is 6.09 Å². The Labute approximate surface area is 188 Å². The van der Waals surface area contributed by atoms with Crippen LogP contribution in [0.3, 0.4) is 0 Å². The number of ketones is 1. The number of Topliss-reactive ketones (excluding diaryl/α,β-unsaturated/α-hetero) is 1. The van der Waals surface area contributed by atoms with E-state index in [0.717, 1.165) is 35.2 Å². The molecule has 3 aromatic rings. The predicted octanol–water partition coefficient (Wildman–Crippen LogP) is 6.28. The molecule has 1 amide bonds. The van der Waals surface area contributed by atoms with Crippen molar-refractivity contribution in [1.82, 2.24) is 9.88 Å². The van der Waals surface area contributed by atoms with Crippen LogP contribution in [0.5, 0.6) is 0 Å². The van der Waals surface area contributed by atoms with Gasteiger partial charge in [0, 0.05) is 17.7 Å². The minimum atomic E-state index is -0.542. The number of rotatable bonds is 4. The number of likely N-dealkylation sites (tertiary alicyclic amines) is 1. The van der Waals surface area contributed by atoms with Crippen molar-refractivity contribution < 1.29 is 18.7 Å². The third-order valence-electron chi connectivity index (χ3n) is 5.49. The number of amides is 1. The second-order valence-corrected chi connectivity index (χ2v) is 9.11. The summed E-state index contributed by atoms with van der Waals surface area (Å²) in [5.74, 6) is 0.591. The van der Waals surface area contributed by atoms with E-state index in [2.05, 4.69) is 4.98 Å². The van der Waals surface area contributed by atoms with Crippen LogP contribution in [-0.4, -0.2) is 33.9 Å². The lowest BCUT2D eigenvalue weighted by atomic mass is 10.0. The van der Waals surface area contributed by atoms with Crippen molar-refractivity contribution in [2.24, 2.45) is 0 Å². The van der Waals surface area contributed by atoms with Crippen molar-refractivity contribution in [1.29, 1.82) is 0 Å². The van der Waals surface area contributed by atoms with Crippen LogP contribution in [-0.2, 0) is 4.74 Å². The molecule has 4 rings (SSSR count). The predicted molar refractivity (Wildman–Crippen MR) is 122 cm³/mol. The molecule has 1 aliphatic rings. The third kappa shape index (κ3) is 4.74. The summed E-state index contributed by atoms with van der Waals surface area (Å²) in [6.45, 7) is 7.78. The minimum Gasteiger partial charge on any atom is -0.446 e. The monoisotopic (exact) mass is 432 g/mol. The molecule has 0 N–H and O–H groups in total. The maximum absolute atomic E-state index is 12.6. The smallest absolute Gasteiger partial charge is 0.410 e. The van der Waals surface area contributed by atoms with Crippen molar-refractivity contribution in [3.8, 4) is 22.4 Å². The van der Waals surface area contributed by atoms with Gasteiger partial charge in [-0.25, -0.2) is 9.78 Å². The van der Waals surface area contributed by atoms with Crippen molar-refractivity contribution in [2.45, 2.75) is 52.2 Å². The van der Waals surface area contributed by atoms with Crippen LogP contribution >= 0.6 is 0 Å². The standard InChI is InChI=1S/C26H28N2O4/c1-17(29)18-7-9-19(10-8-18)20-11-13-21(14-12-20)22-16-31-24(27-22)23-6-5-15-28(23)25(30)32-26(2,3)4/h7-14,16,23H,5-6,15H2,1-4H3/t23-/m0/s1. The Morgan fingerprint density at radius 2 is 1.59 bits per heavy atom. The number of ether oxygens (including phenoxy) is 1. The van der Waals surface area contributed by atoms with Gasteiger partial charge in [0.2, 0.25) is 5.89 Å². The molecule has 0 bridgehead atoms. The van der Waals surface area contributed by atoms with Gasteiger partial charge in [-0.2, -0.15) is 0 Å². The first-order chi connectivity index (χ1) is 15.2. The fraction of sp³-hybridized carbons (Fsp3) is 0.346. The van der Waals surface area contributed by atoms with Crippen LogP contribution < -0.4 is 0 Å². The number of oxazole rings is 1. The first kappa shape index (κ1) is 21.8. The highest BCUT2D eigenvalue weighted by atomic mass is 16.6. The van der Waals surface area contributed by atoms with Gasteiger partial charge in [-0.3, -0.25) is 9.69 Å². The number of carbonyl (C=O) groups is 2. The van der Waals surface area contributed by atoms with Crippen LogP contribution in [0.25, 0.3) is 22.4 Å². The highest BCUT2D eigenvalue weighted by Crippen LogP contribution is 2.34. The second kappa shape index (κ2) is 8.61. The highest BCUT2D eigenvalue weighted by molar-refractivity contribution is 5.94. The molecule has 1 fully saturated rings. The molecule has 6 heteroatoms. The van der Waals surface area contributed by atoms with E-state index < -0.39 is 5.60 Å². The molecule has 0 radical (unpaired) electrons. The van der Waals surface area contributed by atoms with Crippen molar-refractivity contribution >= 4 is 11.9 Å². The molecule has 0 unspecified atom stereocenters. The average Bonchev–Trinajstić information content (AvgIpc) is 3.42. The molecule has 6 nitrogen and oxygen atoms in total. The highest BCUT2D eigenvalue weighted by Gasteiger charge is 2.36. The molecule has 166 valence electrons. The van der Waals surface area contributed by atoms with E-state index in [1.165, 1.54) is 0 Å². The summed E-state index contributed by atoms with van der Waals surface area (Å²) < 4.78 is 11.3. The quantitative estimate of drug-likeness (QED) is 0.454. The molecule has 0 spiro atoms. The normalized spacial score (nSPS) is 16.2. The fourth-order valence-corrected chi connectivity index (χ4v) is 3.87.